The van der Waals surface area contributed by atoms with Crippen molar-refractivity contribution in [1.29, 1.82) is 0 Å². The number of piperazine rings is 1. The fraction of sp³-hybridized carbons (Fsp3) is 0.409. The van der Waals surface area contributed by atoms with Crippen LogP contribution in [0.15, 0.2) is 42.5 Å². The maximum atomic E-state index is 13.2. The van der Waals surface area contributed by atoms with E-state index < -0.39 is 5.60 Å². The van der Waals surface area contributed by atoms with Gasteiger partial charge in [0.25, 0.3) is 5.91 Å². The molecule has 27 heavy (non-hydrogen) atoms. The van der Waals surface area contributed by atoms with Gasteiger partial charge >= 0.3 is 0 Å². The number of fused-ring (bicyclic) bond motifs is 1. The first-order valence-corrected chi connectivity index (χ1v) is 9.61. The van der Waals surface area contributed by atoms with E-state index in [2.05, 4.69) is 41.4 Å². The lowest BCUT2D eigenvalue weighted by Crippen LogP contribution is -2.53. The zero-order chi connectivity index (χ0) is 19.0. The van der Waals surface area contributed by atoms with Crippen LogP contribution >= 0.6 is 0 Å². The molecule has 5 heteroatoms. The lowest BCUT2D eigenvalue weighted by molar-refractivity contribution is -0.132. The van der Waals surface area contributed by atoms with Gasteiger partial charge in [-0.2, -0.15) is 0 Å². The molecule has 2 aliphatic rings. The lowest BCUT2D eigenvalue weighted by Gasteiger charge is -2.42. The number of ether oxygens (including phenoxy) is 1. The third-order valence-corrected chi connectivity index (χ3v) is 5.24. The zero-order valence-electron chi connectivity index (χ0n) is 16.3. The summed E-state index contributed by atoms with van der Waals surface area (Å²) in [6, 6.07) is 14.4. The van der Waals surface area contributed by atoms with Crippen LogP contribution in [0, 0.1) is 6.92 Å². The molecule has 0 bridgehead atoms. The fourth-order valence-corrected chi connectivity index (χ4v) is 3.84. The van der Waals surface area contributed by atoms with Crippen LogP contribution in [0.2, 0.25) is 0 Å². The summed E-state index contributed by atoms with van der Waals surface area (Å²) in [5.41, 5.74) is 3.32. The van der Waals surface area contributed by atoms with Crippen molar-refractivity contribution in [2.45, 2.75) is 32.9 Å². The minimum absolute atomic E-state index is 0.00397. The highest BCUT2D eigenvalue weighted by Gasteiger charge is 2.42. The Labute approximate surface area is 160 Å². The molecule has 0 aliphatic carbocycles. The first kappa shape index (κ1) is 17.9. The maximum Gasteiger partial charge on any atom is 0.271 e. The summed E-state index contributed by atoms with van der Waals surface area (Å²) in [6.07, 6.45) is 0. The Morgan fingerprint density at radius 2 is 1.74 bits per heavy atom. The van der Waals surface area contributed by atoms with Crippen LogP contribution in [0.1, 0.15) is 25.0 Å². The summed E-state index contributed by atoms with van der Waals surface area (Å²) in [6.45, 7) is 10.1. The third kappa shape index (κ3) is 3.39. The van der Waals surface area contributed by atoms with Gasteiger partial charge in [0.1, 0.15) is 0 Å². The summed E-state index contributed by atoms with van der Waals surface area (Å²) in [4.78, 5) is 17.4. The first-order valence-electron chi connectivity index (χ1n) is 9.61. The van der Waals surface area contributed by atoms with Gasteiger partial charge in [-0.3, -0.25) is 4.79 Å². The summed E-state index contributed by atoms with van der Waals surface area (Å²) < 4.78 is 6.29. The van der Waals surface area contributed by atoms with Crippen LogP contribution < -0.4 is 19.9 Å². The van der Waals surface area contributed by atoms with E-state index in [0.717, 1.165) is 54.4 Å². The van der Waals surface area contributed by atoms with Crippen LogP contribution in [0.25, 0.3) is 0 Å². The molecule has 1 amide bonds. The normalized spacial score (nSPS) is 18.9. The number of carbonyl (C=O) groups is 1. The van der Waals surface area contributed by atoms with Crippen LogP contribution in [0.4, 0.5) is 11.4 Å². The van der Waals surface area contributed by atoms with Gasteiger partial charge < -0.3 is 19.9 Å². The van der Waals surface area contributed by atoms with Gasteiger partial charge in [0.15, 0.2) is 11.4 Å². The Morgan fingerprint density at radius 1 is 1.07 bits per heavy atom. The van der Waals surface area contributed by atoms with Gasteiger partial charge in [0.2, 0.25) is 0 Å². The standard InChI is InChI=1S/C22H27N3O2/c1-16-13-18(24-11-9-23-10-12-24)20-19(14-16)25(21(26)22(2,3)27-20)15-17-7-5-4-6-8-17/h4-8,13-14,23H,9-12,15H2,1-3H3. The zero-order valence-corrected chi connectivity index (χ0v) is 16.3. The highest BCUT2D eigenvalue weighted by atomic mass is 16.5. The number of benzene rings is 2. The van der Waals surface area contributed by atoms with Crippen LogP contribution in [-0.2, 0) is 11.3 Å². The molecule has 0 saturated carbocycles. The Bertz CT molecular complexity index is 842. The molecular formula is C22H27N3O2. The number of aryl methyl sites for hydroxylation is 1. The van der Waals surface area contributed by atoms with Crippen LogP contribution in [0.5, 0.6) is 5.75 Å². The molecule has 0 aromatic heterocycles. The molecular weight excluding hydrogens is 338 g/mol. The maximum absolute atomic E-state index is 13.2. The molecule has 4 rings (SSSR count). The van der Waals surface area contributed by atoms with Crippen molar-refractivity contribution in [3.05, 3.63) is 53.6 Å². The number of hydrogen-bond donors (Lipinski definition) is 1. The van der Waals surface area contributed by atoms with Gasteiger partial charge in [-0.05, 0) is 44.0 Å². The first-order chi connectivity index (χ1) is 13.0. The van der Waals surface area contributed by atoms with E-state index in [1.165, 1.54) is 0 Å². The predicted octanol–water partition coefficient (Wildman–Crippen LogP) is 3.11. The summed E-state index contributed by atoms with van der Waals surface area (Å²) >= 11 is 0. The number of amides is 1. The van der Waals surface area contributed by atoms with Crippen molar-refractivity contribution in [3.8, 4) is 5.75 Å². The average molecular weight is 365 g/mol. The highest BCUT2D eigenvalue weighted by molar-refractivity contribution is 6.03. The molecule has 0 spiro atoms. The fourth-order valence-electron chi connectivity index (χ4n) is 3.84. The van der Waals surface area contributed by atoms with Crippen molar-refractivity contribution in [2.24, 2.45) is 0 Å². The second kappa shape index (κ2) is 6.89. The van der Waals surface area contributed by atoms with Crippen molar-refractivity contribution in [2.75, 3.05) is 36.0 Å². The van der Waals surface area contributed by atoms with E-state index in [9.17, 15) is 4.79 Å². The Balaban J connectivity index is 1.80. The lowest BCUT2D eigenvalue weighted by atomic mass is 10.0. The highest BCUT2D eigenvalue weighted by Crippen LogP contribution is 2.46. The van der Waals surface area contributed by atoms with Crippen molar-refractivity contribution >= 4 is 17.3 Å². The molecule has 1 N–H and O–H groups in total. The molecule has 0 radical (unpaired) electrons. The van der Waals surface area contributed by atoms with E-state index in [0.29, 0.717) is 6.54 Å². The number of nitrogens with one attached hydrogen (secondary N) is 1. The topological polar surface area (TPSA) is 44.8 Å². The number of anilines is 2. The summed E-state index contributed by atoms with van der Waals surface area (Å²) in [7, 11) is 0. The third-order valence-electron chi connectivity index (χ3n) is 5.24. The average Bonchev–Trinajstić information content (AvgIpc) is 2.67. The Hall–Kier alpha value is -2.53. The second-order valence-electron chi connectivity index (χ2n) is 7.86. The molecule has 2 aromatic rings. The second-order valence-corrected chi connectivity index (χ2v) is 7.86. The van der Waals surface area contributed by atoms with Crippen molar-refractivity contribution in [1.82, 2.24) is 5.32 Å². The quantitative estimate of drug-likeness (QED) is 0.908. The van der Waals surface area contributed by atoms with E-state index in [4.69, 9.17) is 4.74 Å². The SMILES string of the molecule is Cc1cc(N2CCNCC2)c2c(c1)N(Cc1ccccc1)C(=O)C(C)(C)O2. The predicted molar refractivity (Wildman–Crippen MR) is 109 cm³/mol. The van der Waals surface area contributed by atoms with E-state index in [1.807, 2.05) is 36.9 Å². The molecule has 2 aromatic carbocycles. The van der Waals surface area contributed by atoms with Gasteiger partial charge in [0.05, 0.1) is 17.9 Å². The van der Waals surface area contributed by atoms with Crippen LogP contribution in [-0.4, -0.2) is 37.7 Å². The van der Waals surface area contributed by atoms with E-state index >= 15 is 0 Å². The molecule has 142 valence electrons. The molecule has 0 atom stereocenters. The molecule has 5 nitrogen and oxygen atoms in total. The van der Waals surface area contributed by atoms with Crippen LogP contribution in [0.3, 0.4) is 0 Å². The van der Waals surface area contributed by atoms with Crippen molar-refractivity contribution < 1.29 is 9.53 Å². The number of hydrogen-bond acceptors (Lipinski definition) is 4. The molecule has 0 unspecified atom stereocenters. The van der Waals surface area contributed by atoms with E-state index in [1.54, 1.807) is 0 Å². The summed E-state index contributed by atoms with van der Waals surface area (Å²) in [5, 5.41) is 3.40. The Kier molecular flexibility index (Phi) is 4.56. The van der Waals surface area contributed by atoms with Gasteiger partial charge in [-0.15, -0.1) is 0 Å². The number of carbonyl (C=O) groups excluding carboxylic acids is 1. The van der Waals surface area contributed by atoms with Gasteiger partial charge in [-0.1, -0.05) is 30.3 Å². The molecule has 2 heterocycles. The van der Waals surface area contributed by atoms with E-state index in [-0.39, 0.29) is 5.91 Å². The number of rotatable bonds is 3. The molecule has 2 aliphatic heterocycles. The monoisotopic (exact) mass is 365 g/mol. The minimum Gasteiger partial charge on any atom is -0.474 e. The smallest absolute Gasteiger partial charge is 0.271 e. The largest absolute Gasteiger partial charge is 0.474 e. The molecule has 1 fully saturated rings. The Morgan fingerprint density at radius 3 is 2.44 bits per heavy atom. The number of nitrogens with zero attached hydrogens (tertiary/aromatic N) is 2. The summed E-state index contributed by atoms with van der Waals surface area (Å²) in [5.74, 6) is 0.818. The minimum atomic E-state index is -0.889. The molecule has 1 saturated heterocycles. The van der Waals surface area contributed by atoms with Gasteiger partial charge in [-0.25, -0.2) is 0 Å². The van der Waals surface area contributed by atoms with Crippen molar-refractivity contribution in [3.63, 3.8) is 0 Å². The van der Waals surface area contributed by atoms with Gasteiger partial charge in [0, 0.05) is 26.2 Å².